The normalized spacial score (nSPS) is 11.1. The van der Waals surface area contributed by atoms with E-state index in [1.54, 1.807) is 26.4 Å². The van der Waals surface area contributed by atoms with Gasteiger partial charge in [0.05, 0.1) is 35.6 Å². The van der Waals surface area contributed by atoms with Crippen molar-refractivity contribution < 1.29 is 19.1 Å². The van der Waals surface area contributed by atoms with Crippen molar-refractivity contribution in [2.75, 3.05) is 24.9 Å². The number of benzene rings is 4. The van der Waals surface area contributed by atoms with Gasteiger partial charge in [-0.15, -0.1) is 22.7 Å². The van der Waals surface area contributed by atoms with E-state index in [0.717, 1.165) is 42.4 Å². The van der Waals surface area contributed by atoms with Crippen LogP contribution >= 0.6 is 45.9 Å². The summed E-state index contributed by atoms with van der Waals surface area (Å²) in [7, 11) is 3.09. The van der Waals surface area contributed by atoms with Gasteiger partial charge in [0.25, 0.3) is 11.8 Å². The molecule has 0 radical (unpaired) electrons. The van der Waals surface area contributed by atoms with Gasteiger partial charge in [-0.2, -0.15) is 0 Å². The van der Waals surface area contributed by atoms with Crippen LogP contribution in [-0.2, 0) is 0 Å². The number of methoxy groups -OCH3 is 2. The Balaban J connectivity index is 1.23. The molecule has 222 valence electrons. The number of anilines is 2. The minimum Gasteiger partial charge on any atom is -0.495 e. The maximum absolute atomic E-state index is 13.2. The molecule has 0 bridgehead atoms. The fourth-order valence-electron chi connectivity index (χ4n) is 4.94. The van der Waals surface area contributed by atoms with E-state index in [9.17, 15) is 9.59 Å². The summed E-state index contributed by atoms with van der Waals surface area (Å²) in [5.74, 6) is 0.343. The molecule has 0 saturated heterocycles. The van der Waals surface area contributed by atoms with Crippen LogP contribution in [0.3, 0.4) is 0 Å². The van der Waals surface area contributed by atoms with Crippen LogP contribution < -0.4 is 20.1 Å². The third-order valence-electron chi connectivity index (χ3n) is 7.22. The number of hydrogen-bond donors (Lipinski definition) is 2. The molecule has 10 heteroatoms. The van der Waals surface area contributed by atoms with Gasteiger partial charge in [-0.1, -0.05) is 59.6 Å². The second-order valence-corrected chi connectivity index (χ2v) is 13.1. The zero-order valence-electron chi connectivity index (χ0n) is 24.1. The summed E-state index contributed by atoms with van der Waals surface area (Å²) in [4.78, 5) is 27.3. The van der Waals surface area contributed by atoms with Gasteiger partial charge in [0.15, 0.2) is 0 Å². The molecule has 44 heavy (non-hydrogen) atoms. The molecule has 2 heterocycles. The van der Waals surface area contributed by atoms with Crippen molar-refractivity contribution in [1.29, 1.82) is 0 Å². The highest BCUT2D eigenvalue weighted by atomic mass is 35.5. The van der Waals surface area contributed by atoms with Crippen LogP contribution in [0.15, 0.2) is 72.8 Å². The van der Waals surface area contributed by atoms with Gasteiger partial charge in [0.2, 0.25) is 0 Å². The van der Waals surface area contributed by atoms with E-state index >= 15 is 0 Å². The summed E-state index contributed by atoms with van der Waals surface area (Å²) in [6, 6.07) is 22.8. The highest BCUT2D eigenvalue weighted by molar-refractivity contribution is 7.22. The molecular formula is C34H26Cl2N2O4S2. The van der Waals surface area contributed by atoms with Crippen LogP contribution in [0.1, 0.15) is 30.5 Å². The summed E-state index contributed by atoms with van der Waals surface area (Å²) in [6.45, 7) is 4.00. The van der Waals surface area contributed by atoms with Crippen molar-refractivity contribution in [3.05, 3.63) is 104 Å². The van der Waals surface area contributed by atoms with Gasteiger partial charge in [-0.3, -0.25) is 9.59 Å². The molecule has 0 aliphatic heterocycles. The molecule has 6 nitrogen and oxygen atoms in total. The van der Waals surface area contributed by atoms with Crippen molar-refractivity contribution in [2.24, 2.45) is 0 Å². The zero-order valence-corrected chi connectivity index (χ0v) is 27.3. The molecule has 6 aromatic rings. The van der Waals surface area contributed by atoms with Gasteiger partial charge < -0.3 is 20.1 Å². The summed E-state index contributed by atoms with van der Waals surface area (Å²) >= 11 is 15.8. The van der Waals surface area contributed by atoms with Gasteiger partial charge in [0.1, 0.15) is 21.3 Å². The Kier molecular flexibility index (Phi) is 8.26. The number of fused-ring (bicyclic) bond motifs is 2. The zero-order chi connectivity index (χ0) is 31.1. The Hall–Kier alpha value is -4.08. The molecule has 4 aromatic carbocycles. The number of carbonyl (C=O) groups is 2. The van der Waals surface area contributed by atoms with E-state index in [0.29, 0.717) is 42.7 Å². The molecule has 0 saturated carbocycles. The molecular weight excluding hydrogens is 635 g/mol. The van der Waals surface area contributed by atoms with Gasteiger partial charge in [-0.25, -0.2) is 0 Å². The van der Waals surface area contributed by atoms with E-state index in [4.69, 9.17) is 32.7 Å². The first kappa shape index (κ1) is 30.0. The Bertz CT molecular complexity index is 1950. The molecule has 0 fully saturated rings. The standard InChI is InChI=1S/C34H26Cl2N2O4S2/c1-17-5-9-21-27(13-17)43-31(29(21)35)33(39)37-23-11-7-19(15-25(23)41-3)20-8-12-24(26(16-20)42-4)38-34(40)32-30(36)22-10-6-18(2)14-28(22)44-32/h5-16H,1-4H3,(H,37,39)(H,38,40). The lowest BCUT2D eigenvalue weighted by Crippen LogP contribution is -2.12. The van der Waals surface area contributed by atoms with Crippen molar-refractivity contribution in [1.82, 2.24) is 0 Å². The highest BCUT2D eigenvalue weighted by Crippen LogP contribution is 2.40. The number of hydrogen-bond acceptors (Lipinski definition) is 6. The Morgan fingerprint density at radius 2 is 1.02 bits per heavy atom. The molecule has 0 atom stereocenters. The lowest BCUT2D eigenvalue weighted by Gasteiger charge is -2.14. The summed E-state index contributed by atoms with van der Waals surface area (Å²) < 4.78 is 13.2. The lowest BCUT2D eigenvalue weighted by molar-refractivity contribution is 0.102. The molecule has 0 spiro atoms. The predicted molar refractivity (Wildman–Crippen MR) is 184 cm³/mol. The average molecular weight is 662 g/mol. The smallest absolute Gasteiger partial charge is 0.267 e. The minimum atomic E-state index is -0.310. The van der Waals surface area contributed by atoms with Gasteiger partial charge in [0, 0.05) is 20.2 Å². The monoisotopic (exact) mass is 660 g/mol. The van der Waals surface area contributed by atoms with Gasteiger partial charge in [-0.05, 0) is 72.5 Å². The average Bonchev–Trinajstić information content (AvgIpc) is 3.52. The number of halogens is 2. The van der Waals surface area contributed by atoms with E-state index in [-0.39, 0.29) is 11.8 Å². The number of nitrogens with one attached hydrogen (secondary N) is 2. The first-order valence-corrected chi connectivity index (χ1v) is 15.9. The maximum Gasteiger partial charge on any atom is 0.267 e. The van der Waals surface area contributed by atoms with E-state index < -0.39 is 0 Å². The summed E-state index contributed by atoms with van der Waals surface area (Å²) in [6.07, 6.45) is 0. The number of aryl methyl sites for hydroxylation is 2. The van der Waals surface area contributed by atoms with E-state index in [1.165, 1.54) is 22.7 Å². The molecule has 2 aromatic heterocycles. The Morgan fingerprint density at radius 1 is 0.614 bits per heavy atom. The van der Waals surface area contributed by atoms with Crippen LogP contribution in [0.25, 0.3) is 31.3 Å². The topological polar surface area (TPSA) is 76.7 Å². The van der Waals surface area contributed by atoms with Crippen LogP contribution in [0, 0.1) is 13.8 Å². The summed E-state index contributed by atoms with van der Waals surface area (Å²) in [5.41, 5.74) is 4.88. The van der Waals surface area contributed by atoms with Crippen LogP contribution in [0.4, 0.5) is 11.4 Å². The quantitative estimate of drug-likeness (QED) is 0.179. The van der Waals surface area contributed by atoms with E-state index in [2.05, 4.69) is 10.6 Å². The third-order valence-corrected chi connectivity index (χ3v) is 10.5. The molecule has 6 rings (SSSR count). The van der Waals surface area contributed by atoms with Crippen LogP contribution in [0.2, 0.25) is 10.0 Å². The molecule has 0 aliphatic carbocycles. The number of ether oxygens (including phenoxy) is 2. The van der Waals surface area contributed by atoms with Crippen molar-refractivity contribution >= 4 is 89.2 Å². The Morgan fingerprint density at radius 3 is 1.41 bits per heavy atom. The second-order valence-electron chi connectivity index (χ2n) is 10.2. The third kappa shape index (κ3) is 5.62. The first-order valence-electron chi connectivity index (χ1n) is 13.5. The molecule has 2 N–H and O–H groups in total. The lowest BCUT2D eigenvalue weighted by atomic mass is 10.0. The molecule has 0 unspecified atom stereocenters. The first-order chi connectivity index (χ1) is 21.2. The van der Waals surface area contributed by atoms with Crippen LogP contribution in [-0.4, -0.2) is 26.0 Å². The highest BCUT2D eigenvalue weighted by Gasteiger charge is 2.21. The summed E-state index contributed by atoms with van der Waals surface area (Å²) in [5, 5.41) is 8.45. The van der Waals surface area contributed by atoms with Crippen molar-refractivity contribution in [3.63, 3.8) is 0 Å². The van der Waals surface area contributed by atoms with Crippen molar-refractivity contribution in [2.45, 2.75) is 13.8 Å². The number of rotatable bonds is 7. The van der Waals surface area contributed by atoms with Crippen LogP contribution in [0.5, 0.6) is 11.5 Å². The fourth-order valence-corrected chi connectivity index (χ4v) is 7.96. The second kappa shape index (κ2) is 12.1. The largest absolute Gasteiger partial charge is 0.495 e. The minimum absolute atomic E-state index is 0.310. The van der Waals surface area contributed by atoms with Gasteiger partial charge >= 0.3 is 0 Å². The molecule has 0 aliphatic rings. The number of thiophene rings is 2. The predicted octanol–water partition coefficient (Wildman–Crippen LogP) is 10.2. The molecule has 2 amide bonds. The number of carbonyl (C=O) groups excluding carboxylic acids is 2. The fraction of sp³-hybridized carbons (Fsp3) is 0.118. The maximum atomic E-state index is 13.2. The van der Waals surface area contributed by atoms with E-state index in [1.807, 2.05) is 74.5 Å². The Labute approximate surface area is 272 Å². The van der Waals surface area contributed by atoms with Crippen molar-refractivity contribution in [3.8, 4) is 22.6 Å². The SMILES string of the molecule is COc1cc(-c2ccc(NC(=O)c3sc4cc(C)ccc4c3Cl)c(OC)c2)ccc1NC(=O)c1sc2cc(C)ccc2c1Cl. The number of amides is 2.